The highest BCUT2D eigenvalue weighted by Crippen LogP contribution is 2.32. The van der Waals surface area contributed by atoms with Crippen molar-refractivity contribution >= 4 is 5.91 Å². The molecule has 1 aromatic carbocycles. The predicted molar refractivity (Wildman–Crippen MR) is 108 cm³/mol. The summed E-state index contributed by atoms with van der Waals surface area (Å²) in [4.78, 5) is 24.2. The number of carbonyl (C=O) groups is 1. The highest BCUT2D eigenvalue weighted by molar-refractivity contribution is 5.97. The van der Waals surface area contributed by atoms with Crippen LogP contribution in [0.3, 0.4) is 0 Å². The Balaban J connectivity index is 1.45. The van der Waals surface area contributed by atoms with Gasteiger partial charge in [0.1, 0.15) is 11.6 Å². The van der Waals surface area contributed by atoms with Gasteiger partial charge >= 0.3 is 0 Å². The Bertz CT molecular complexity index is 865. The number of fused-ring (bicyclic) bond motifs is 1. The minimum Gasteiger partial charge on any atom is -0.497 e. The second-order valence-corrected chi connectivity index (χ2v) is 8.32. The van der Waals surface area contributed by atoms with E-state index in [0.717, 1.165) is 67.2 Å². The van der Waals surface area contributed by atoms with E-state index in [1.165, 1.54) is 0 Å². The van der Waals surface area contributed by atoms with E-state index in [1.807, 2.05) is 30.6 Å². The number of hydrogen-bond donors (Lipinski definition) is 1. The van der Waals surface area contributed by atoms with Gasteiger partial charge < -0.3 is 10.1 Å². The van der Waals surface area contributed by atoms with Crippen LogP contribution in [0.2, 0.25) is 0 Å². The Morgan fingerprint density at radius 3 is 2.75 bits per heavy atom. The summed E-state index contributed by atoms with van der Waals surface area (Å²) < 4.78 is 5.29. The summed E-state index contributed by atoms with van der Waals surface area (Å²) in [5.41, 5.74) is 2.80. The Hall–Kier alpha value is -2.47. The molecule has 2 aliphatic heterocycles. The van der Waals surface area contributed by atoms with Crippen LogP contribution < -0.4 is 10.1 Å². The summed E-state index contributed by atoms with van der Waals surface area (Å²) >= 11 is 0. The summed E-state index contributed by atoms with van der Waals surface area (Å²) in [5, 5.41) is 3.33. The number of nitrogens with one attached hydrogen (secondary N) is 1. The van der Waals surface area contributed by atoms with Crippen LogP contribution in [0.15, 0.2) is 30.6 Å². The third-order valence-corrected chi connectivity index (χ3v) is 5.89. The molecule has 1 saturated heterocycles. The number of aromatic nitrogens is 2. The van der Waals surface area contributed by atoms with E-state index in [1.54, 1.807) is 7.11 Å². The van der Waals surface area contributed by atoms with Crippen LogP contribution in [0, 0.1) is 0 Å². The van der Waals surface area contributed by atoms with Crippen molar-refractivity contribution in [3.8, 4) is 5.75 Å². The molecular weight excluding hydrogens is 352 g/mol. The van der Waals surface area contributed by atoms with Crippen LogP contribution in [-0.4, -0.2) is 46.5 Å². The fraction of sp³-hybridized carbons (Fsp3) is 0.500. The van der Waals surface area contributed by atoms with Crippen LogP contribution >= 0.6 is 0 Å². The Labute approximate surface area is 166 Å². The van der Waals surface area contributed by atoms with Gasteiger partial charge in [-0.1, -0.05) is 19.9 Å². The summed E-state index contributed by atoms with van der Waals surface area (Å²) in [6.45, 7) is 6.83. The van der Waals surface area contributed by atoms with Gasteiger partial charge in [-0.3, -0.25) is 9.69 Å². The highest BCUT2D eigenvalue weighted by atomic mass is 16.5. The lowest BCUT2D eigenvalue weighted by Crippen LogP contribution is -2.49. The van der Waals surface area contributed by atoms with Crippen molar-refractivity contribution < 1.29 is 9.53 Å². The van der Waals surface area contributed by atoms with Gasteiger partial charge in [-0.2, -0.15) is 0 Å². The zero-order valence-electron chi connectivity index (χ0n) is 16.9. The molecule has 1 spiro atoms. The van der Waals surface area contributed by atoms with Gasteiger partial charge in [0, 0.05) is 49.1 Å². The smallest absolute Gasteiger partial charge is 0.252 e. The first-order chi connectivity index (χ1) is 13.5. The zero-order chi connectivity index (χ0) is 19.7. The van der Waals surface area contributed by atoms with Crippen molar-refractivity contribution in [1.29, 1.82) is 0 Å². The average Bonchev–Trinajstić information content (AvgIpc) is 3.02. The fourth-order valence-electron chi connectivity index (χ4n) is 4.26. The number of likely N-dealkylation sites (tertiary alicyclic amines) is 1. The van der Waals surface area contributed by atoms with Crippen LogP contribution in [-0.2, 0) is 13.0 Å². The minimum atomic E-state index is -0.165. The van der Waals surface area contributed by atoms with Gasteiger partial charge in [0.25, 0.3) is 5.91 Å². The predicted octanol–water partition coefficient (Wildman–Crippen LogP) is 2.93. The lowest BCUT2D eigenvalue weighted by molar-refractivity contribution is 0.0901. The van der Waals surface area contributed by atoms with Gasteiger partial charge in [-0.05, 0) is 37.0 Å². The summed E-state index contributed by atoms with van der Waals surface area (Å²) in [5.74, 6) is 1.96. The van der Waals surface area contributed by atoms with Gasteiger partial charge in [0.05, 0.1) is 12.6 Å². The molecular formula is C22H28N4O2. The molecule has 1 N–H and O–H groups in total. The number of ether oxygens (including phenoxy) is 1. The van der Waals surface area contributed by atoms with Crippen LogP contribution in [0.4, 0.5) is 0 Å². The largest absolute Gasteiger partial charge is 0.497 e. The Morgan fingerprint density at radius 2 is 2.04 bits per heavy atom. The molecule has 0 radical (unpaired) electrons. The molecule has 6 nitrogen and oxygen atoms in total. The molecule has 3 heterocycles. The number of amides is 1. The van der Waals surface area contributed by atoms with E-state index in [-0.39, 0.29) is 11.4 Å². The summed E-state index contributed by atoms with van der Waals surface area (Å²) in [6, 6.07) is 5.81. The fourth-order valence-corrected chi connectivity index (χ4v) is 4.26. The molecule has 0 aliphatic carbocycles. The van der Waals surface area contributed by atoms with Gasteiger partial charge in [0.15, 0.2) is 0 Å². The van der Waals surface area contributed by atoms with E-state index in [0.29, 0.717) is 5.92 Å². The van der Waals surface area contributed by atoms with E-state index in [9.17, 15) is 4.79 Å². The highest BCUT2D eigenvalue weighted by Gasteiger charge is 2.41. The first kappa shape index (κ1) is 18.9. The molecule has 2 aliphatic rings. The lowest BCUT2D eigenvalue weighted by Gasteiger charge is -2.29. The minimum absolute atomic E-state index is 0.0119. The third-order valence-electron chi connectivity index (χ3n) is 5.89. The summed E-state index contributed by atoms with van der Waals surface area (Å²) in [7, 11) is 1.63. The molecule has 28 heavy (non-hydrogen) atoms. The number of carbonyl (C=O) groups excluding carboxylic acids is 1. The number of methoxy groups -OCH3 is 1. The summed E-state index contributed by atoms with van der Waals surface area (Å²) in [6.07, 6.45) is 6.69. The maximum Gasteiger partial charge on any atom is 0.252 e. The lowest BCUT2D eigenvalue weighted by atomic mass is 9.91. The van der Waals surface area contributed by atoms with Crippen molar-refractivity contribution in [2.24, 2.45) is 0 Å². The standard InChI is InChI=1S/C22H28N4O2/c1-15(2)20-23-11-16(12-24-20)13-26-9-8-22(14-26)7-6-17-4-5-18(28-3)10-19(17)21(27)25-22/h4-5,10-12,15H,6-9,13-14H2,1-3H3,(H,25,27)/t22-/m1/s1. The maximum atomic E-state index is 12.9. The van der Waals surface area contributed by atoms with E-state index in [2.05, 4.69) is 34.0 Å². The van der Waals surface area contributed by atoms with Gasteiger partial charge in [-0.25, -0.2) is 9.97 Å². The second-order valence-electron chi connectivity index (χ2n) is 8.32. The first-order valence-corrected chi connectivity index (χ1v) is 10.0. The molecule has 6 heteroatoms. The molecule has 0 bridgehead atoms. The molecule has 1 fully saturated rings. The molecule has 1 atom stereocenters. The van der Waals surface area contributed by atoms with Crippen molar-refractivity contribution in [3.05, 3.63) is 53.1 Å². The molecule has 148 valence electrons. The molecule has 2 aromatic rings. The topological polar surface area (TPSA) is 67.3 Å². The zero-order valence-corrected chi connectivity index (χ0v) is 16.9. The number of aryl methyl sites for hydroxylation is 1. The van der Waals surface area contributed by atoms with Crippen molar-refractivity contribution in [1.82, 2.24) is 20.2 Å². The normalized spacial score (nSPS) is 22.2. The second kappa shape index (κ2) is 7.51. The third kappa shape index (κ3) is 3.74. The van der Waals surface area contributed by atoms with Crippen molar-refractivity contribution in [2.45, 2.75) is 51.1 Å². The van der Waals surface area contributed by atoms with Crippen LogP contribution in [0.25, 0.3) is 0 Å². The first-order valence-electron chi connectivity index (χ1n) is 10.0. The van der Waals surface area contributed by atoms with E-state index < -0.39 is 0 Å². The quantitative estimate of drug-likeness (QED) is 0.883. The van der Waals surface area contributed by atoms with Crippen LogP contribution in [0.5, 0.6) is 5.75 Å². The number of rotatable bonds is 4. The number of hydrogen-bond acceptors (Lipinski definition) is 5. The molecule has 0 unspecified atom stereocenters. The molecule has 1 amide bonds. The van der Waals surface area contributed by atoms with Gasteiger partial charge in [0.2, 0.25) is 0 Å². The van der Waals surface area contributed by atoms with Crippen molar-refractivity contribution in [3.63, 3.8) is 0 Å². The monoisotopic (exact) mass is 380 g/mol. The Morgan fingerprint density at radius 1 is 1.25 bits per heavy atom. The molecule has 1 aromatic heterocycles. The molecule has 0 saturated carbocycles. The van der Waals surface area contributed by atoms with Gasteiger partial charge in [-0.15, -0.1) is 0 Å². The van der Waals surface area contributed by atoms with Crippen LogP contribution in [0.1, 0.15) is 59.9 Å². The molecule has 4 rings (SSSR count). The Kier molecular flexibility index (Phi) is 5.06. The van der Waals surface area contributed by atoms with Crippen molar-refractivity contribution in [2.75, 3.05) is 20.2 Å². The maximum absolute atomic E-state index is 12.9. The van der Waals surface area contributed by atoms with E-state index >= 15 is 0 Å². The van der Waals surface area contributed by atoms with E-state index in [4.69, 9.17) is 4.74 Å². The number of nitrogens with zero attached hydrogens (tertiary/aromatic N) is 3. The number of benzene rings is 1. The SMILES string of the molecule is COc1ccc2c(c1)C(=O)N[C@]1(CC2)CCN(Cc2cnc(C(C)C)nc2)C1. The average molecular weight is 380 g/mol.